The van der Waals surface area contributed by atoms with Crippen molar-refractivity contribution in [2.24, 2.45) is 0 Å². The second kappa shape index (κ2) is 5.43. The number of aryl methyl sites for hydroxylation is 1. The number of rotatable bonds is 4. The average Bonchev–Trinajstić information content (AvgIpc) is 2.90. The number of nitrogens with zero attached hydrogens (tertiary/aromatic N) is 3. The van der Waals surface area contributed by atoms with Crippen LogP contribution >= 0.6 is 0 Å². The molecule has 0 bridgehead atoms. The number of nitrogens with one attached hydrogen (secondary N) is 1. The van der Waals surface area contributed by atoms with Crippen molar-refractivity contribution < 1.29 is 0 Å². The summed E-state index contributed by atoms with van der Waals surface area (Å²) in [5.74, 6) is 0.901. The zero-order chi connectivity index (χ0) is 13.9. The van der Waals surface area contributed by atoms with Gasteiger partial charge < -0.3 is 5.32 Å². The van der Waals surface area contributed by atoms with Crippen molar-refractivity contribution in [3.63, 3.8) is 0 Å². The summed E-state index contributed by atoms with van der Waals surface area (Å²) in [7, 11) is 0. The van der Waals surface area contributed by atoms with Crippen molar-refractivity contribution in [2.75, 3.05) is 6.54 Å². The summed E-state index contributed by atoms with van der Waals surface area (Å²) in [6.07, 6.45) is 3.86. The zero-order valence-corrected chi connectivity index (χ0v) is 11.8. The quantitative estimate of drug-likeness (QED) is 0.789. The van der Waals surface area contributed by atoms with Gasteiger partial charge in [0, 0.05) is 23.7 Å². The maximum absolute atomic E-state index is 4.77. The number of para-hydroxylation sites is 1. The van der Waals surface area contributed by atoms with E-state index in [1.54, 1.807) is 0 Å². The third-order valence-corrected chi connectivity index (χ3v) is 3.27. The fraction of sp³-hybridized carbons (Fsp3) is 0.250. The van der Waals surface area contributed by atoms with Gasteiger partial charge in [-0.05, 0) is 31.2 Å². The number of hydrogen-bond donors (Lipinski definition) is 1. The molecular weight excluding hydrogens is 248 g/mol. The molecule has 4 nitrogen and oxygen atoms in total. The van der Waals surface area contributed by atoms with Crippen LogP contribution in [0.1, 0.15) is 18.1 Å². The summed E-state index contributed by atoms with van der Waals surface area (Å²) in [4.78, 5) is 4.77. The molecule has 0 fully saturated rings. The topological polar surface area (TPSA) is 42.7 Å². The number of aromatic nitrogens is 3. The third kappa shape index (κ3) is 2.42. The Bertz CT molecular complexity index is 730. The van der Waals surface area contributed by atoms with Crippen LogP contribution in [0.5, 0.6) is 0 Å². The monoisotopic (exact) mass is 266 g/mol. The molecule has 20 heavy (non-hydrogen) atoms. The summed E-state index contributed by atoms with van der Waals surface area (Å²) >= 11 is 0. The molecule has 0 aliphatic rings. The number of fused-ring (bicyclic) bond motifs is 1. The van der Waals surface area contributed by atoms with Gasteiger partial charge in [0.15, 0.2) is 5.82 Å². The molecule has 0 radical (unpaired) electrons. The van der Waals surface area contributed by atoms with Gasteiger partial charge >= 0.3 is 0 Å². The van der Waals surface area contributed by atoms with Crippen LogP contribution in [0.25, 0.3) is 16.7 Å². The maximum atomic E-state index is 4.77. The Morgan fingerprint density at radius 2 is 2.10 bits per heavy atom. The summed E-state index contributed by atoms with van der Waals surface area (Å²) < 4.78 is 1.86. The van der Waals surface area contributed by atoms with Crippen LogP contribution in [0, 0.1) is 6.92 Å². The first-order valence-corrected chi connectivity index (χ1v) is 6.89. The standard InChI is InChI=1S/C16H18N4/c1-3-17-10-14-8-13-6-4-5-7-15(13)19-16(14)20-11-12(2)9-18-20/h4-9,11,17H,3,10H2,1-2H3. The Hall–Kier alpha value is -2.20. The lowest BCUT2D eigenvalue weighted by atomic mass is 10.1. The van der Waals surface area contributed by atoms with Gasteiger partial charge in [-0.1, -0.05) is 25.1 Å². The predicted molar refractivity (Wildman–Crippen MR) is 81.0 cm³/mol. The van der Waals surface area contributed by atoms with E-state index in [4.69, 9.17) is 4.98 Å². The first-order valence-electron chi connectivity index (χ1n) is 6.89. The van der Waals surface area contributed by atoms with Crippen molar-refractivity contribution in [1.82, 2.24) is 20.1 Å². The maximum Gasteiger partial charge on any atom is 0.158 e. The van der Waals surface area contributed by atoms with Crippen LogP contribution in [0.4, 0.5) is 0 Å². The average molecular weight is 266 g/mol. The minimum atomic E-state index is 0.794. The smallest absolute Gasteiger partial charge is 0.158 e. The number of pyridine rings is 1. The van der Waals surface area contributed by atoms with E-state index in [1.807, 2.05) is 42.2 Å². The normalized spacial score (nSPS) is 11.1. The Labute approximate surface area is 118 Å². The highest BCUT2D eigenvalue weighted by molar-refractivity contribution is 5.80. The third-order valence-electron chi connectivity index (χ3n) is 3.27. The molecule has 4 heteroatoms. The number of hydrogen-bond acceptors (Lipinski definition) is 3. The van der Waals surface area contributed by atoms with E-state index in [2.05, 4.69) is 29.5 Å². The molecule has 1 N–H and O–H groups in total. The van der Waals surface area contributed by atoms with Gasteiger partial charge in [-0.25, -0.2) is 9.67 Å². The molecule has 0 aliphatic heterocycles. The summed E-state index contributed by atoms with van der Waals surface area (Å²) in [5.41, 5.74) is 3.29. The Balaban J connectivity index is 2.15. The van der Waals surface area contributed by atoms with Crippen molar-refractivity contribution >= 4 is 10.9 Å². The van der Waals surface area contributed by atoms with Gasteiger partial charge in [0.2, 0.25) is 0 Å². The lowest BCUT2D eigenvalue weighted by Gasteiger charge is -2.11. The van der Waals surface area contributed by atoms with E-state index < -0.39 is 0 Å². The first kappa shape index (κ1) is 12.8. The number of benzene rings is 1. The molecule has 0 aliphatic carbocycles. The SMILES string of the molecule is CCNCc1cc2ccccc2nc1-n1cc(C)cn1. The molecule has 0 unspecified atom stereocenters. The largest absolute Gasteiger partial charge is 0.313 e. The fourth-order valence-electron chi connectivity index (χ4n) is 2.27. The highest BCUT2D eigenvalue weighted by atomic mass is 15.3. The second-order valence-corrected chi connectivity index (χ2v) is 4.91. The van der Waals surface area contributed by atoms with E-state index in [0.29, 0.717) is 0 Å². The van der Waals surface area contributed by atoms with Crippen LogP contribution in [-0.4, -0.2) is 21.3 Å². The molecule has 1 aromatic carbocycles. The van der Waals surface area contributed by atoms with Gasteiger partial charge in [0.25, 0.3) is 0 Å². The van der Waals surface area contributed by atoms with Gasteiger partial charge in [-0.3, -0.25) is 0 Å². The van der Waals surface area contributed by atoms with Gasteiger partial charge in [0.1, 0.15) is 0 Å². The molecule has 0 amide bonds. The van der Waals surface area contributed by atoms with E-state index in [0.717, 1.165) is 40.9 Å². The molecular formula is C16H18N4. The summed E-state index contributed by atoms with van der Waals surface area (Å²) in [6, 6.07) is 10.4. The molecule has 0 atom stereocenters. The molecule has 2 heterocycles. The highest BCUT2D eigenvalue weighted by Crippen LogP contribution is 2.19. The minimum Gasteiger partial charge on any atom is -0.313 e. The molecule has 0 saturated carbocycles. The van der Waals surface area contributed by atoms with E-state index in [9.17, 15) is 0 Å². The summed E-state index contributed by atoms with van der Waals surface area (Å²) in [6.45, 7) is 5.87. The lowest BCUT2D eigenvalue weighted by Crippen LogP contribution is -2.15. The van der Waals surface area contributed by atoms with Gasteiger partial charge in [0.05, 0.1) is 11.7 Å². The van der Waals surface area contributed by atoms with Crippen LogP contribution in [-0.2, 0) is 6.54 Å². The van der Waals surface area contributed by atoms with Crippen LogP contribution in [0.15, 0.2) is 42.7 Å². The van der Waals surface area contributed by atoms with Crippen LogP contribution < -0.4 is 5.32 Å². The lowest BCUT2D eigenvalue weighted by molar-refractivity contribution is 0.712. The Morgan fingerprint density at radius 3 is 2.85 bits per heavy atom. The van der Waals surface area contributed by atoms with Gasteiger partial charge in [-0.15, -0.1) is 0 Å². The molecule has 3 rings (SSSR count). The zero-order valence-electron chi connectivity index (χ0n) is 11.8. The summed E-state index contributed by atoms with van der Waals surface area (Å²) in [5, 5.41) is 8.91. The van der Waals surface area contributed by atoms with E-state index in [1.165, 1.54) is 0 Å². The molecule has 0 spiro atoms. The van der Waals surface area contributed by atoms with Crippen molar-refractivity contribution in [2.45, 2.75) is 20.4 Å². The van der Waals surface area contributed by atoms with Gasteiger partial charge in [-0.2, -0.15) is 5.10 Å². The van der Waals surface area contributed by atoms with Crippen molar-refractivity contribution in [3.05, 3.63) is 53.9 Å². The van der Waals surface area contributed by atoms with Crippen LogP contribution in [0.3, 0.4) is 0 Å². The molecule has 102 valence electrons. The highest BCUT2D eigenvalue weighted by Gasteiger charge is 2.09. The predicted octanol–water partition coefficient (Wildman–Crippen LogP) is 2.84. The fourth-order valence-corrected chi connectivity index (χ4v) is 2.27. The minimum absolute atomic E-state index is 0.794. The van der Waals surface area contributed by atoms with Crippen molar-refractivity contribution in [3.8, 4) is 5.82 Å². The first-order chi connectivity index (χ1) is 9.78. The van der Waals surface area contributed by atoms with Crippen LogP contribution in [0.2, 0.25) is 0 Å². The Kier molecular flexibility index (Phi) is 3.48. The van der Waals surface area contributed by atoms with Crippen molar-refractivity contribution in [1.29, 1.82) is 0 Å². The molecule has 3 aromatic rings. The van der Waals surface area contributed by atoms with E-state index >= 15 is 0 Å². The Morgan fingerprint density at radius 1 is 1.25 bits per heavy atom. The second-order valence-electron chi connectivity index (χ2n) is 4.91. The molecule has 2 aromatic heterocycles. The van der Waals surface area contributed by atoms with E-state index in [-0.39, 0.29) is 0 Å². The molecule has 0 saturated heterocycles.